The molecule has 0 bridgehead atoms. The van der Waals surface area contributed by atoms with Crippen LogP contribution in [0.1, 0.15) is 50.1 Å². The zero-order chi connectivity index (χ0) is 13.1. The number of hydrogen-bond acceptors (Lipinski definition) is 4. The molecule has 0 unspecified atom stereocenters. The van der Waals surface area contributed by atoms with Crippen molar-refractivity contribution in [1.29, 1.82) is 0 Å². The van der Waals surface area contributed by atoms with E-state index in [-0.39, 0.29) is 24.8 Å². The summed E-state index contributed by atoms with van der Waals surface area (Å²) < 4.78 is 0. The van der Waals surface area contributed by atoms with Gasteiger partial charge in [0.15, 0.2) is 0 Å². The number of nitrogens with two attached hydrogens (primary N) is 1. The van der Waals surface area contributed by atoms with Gasteiger partial charge in [0.2, 0.25) is 0 Å². The minimum Gasteiger partial charge on any atom is -0.366 e. The van der Waals surface area contributed by atoms with E-state index < -0.39 is 0 Å². The smallest absolute Gasteiger partial charge is 0.129 e. The van der Waals surface area contributed by atoms with Gasteiger partial charge in [0.25, 0.3) is 0 Å². The Hall–Kier alpha value is -0.840. The summed E-state index contributed by atoms with van der Waals surface area (Å²) in [6, 6.07) is 2.45. The molecule has 1 saturated carbocycles. The van der Waals surface area contributed by atoms with Gasteiger partial charge >= 0.3 is 0 Å². The summed E-state index contributed by atoms with van der Waals surface area (Å²) in [7, 11) is 0. The van der Waals surface area contributed by atoms with Crippen LogP contribution in [0.25, 0.3) is 0 Å². The number of hydrogen-bond donors (Lipinski definition) is 2. The van der Waals surface area contributed by atoms with Crippen LogP contribution in [0.5, 0.6) is 0 Å². The Kier molecular flexibility index (Phi) is 7.43. The van der Waals surface area contributed by atoms with Gasteiger partial charge in [-0.05, 0) is 38.5 Å². The van der Waals surface area contributed by atoms with E-state index in [2.05, 4.69) is 27.4 Å². The van der Waals surface area contributed by atoms with Crippen molar-refractivity contribution < 1.29 is 0 Å². The number of rotatable bonds is 4. The average Bonchev–Trinajstić information content (AvgIpc) is 2.43. The summed E-state index contributed by atoms with van der Waals surface area (Å²) >= 11 is 0. The standard InChI is InChI=1S/C15H22N4.2ClH/c16-13-6-12(7-13)14-8-15(19-10-18-14)17-9-11-4-2-1-3-5-11;;/h4,8,10,12-13H,1-3,5-7,9,16H2,(H,17,18,19);2*1H. The molecular weight excluding hydrogens is 307 g/mol. The first-order chi connectivity index (χ1) is 9.31. The first-order valence-electron chi connectivity index (χ1n) is 7.30. The molecule has 0 amide bonds. The van der Waals surface area contributed by atoms with Gasteiger partial charge in [-0.3, -0.25) is 0 Å². The summed E-state index contributed by atoms with van der Waals surface area (Å²) in [4.78, 5) is 8.67. The third-order valence-electron chi connectivity index (χ3n) is 4.16. The topological polar surface area (TPSA) is 63.8 Å². The predicted molar refractivity (Wildman–Crippen MR) is 91.5 cm³/mol. The molecule has 1 fully saturated rings. The van der Waals surface area contributed by atoms with Gasteiger partial charge in [-0.25, -0.2) is 9.97 Å². The van der Waals surface area contributed by atoms with Crippen LogP contribution in [0.15, 0.2) is 24.0 Å². The Bertz CT molecular complexity index is 472. The summed E-state index contributed by atoms with van der Waals surface area (Å²) in [5.74, 6) is 1.48. The molecule has 1 aromatic heterocycles. The molecule has 0 saturated heterocycles. The average molecular weight is 331 g/mol. The largest absolute Gasteiger partial charge is 0.366 e. The molecule has 4 nitrogen and oxygen atoms in total. The van der Waals surface area contributed by atoms with Crippen LogP contribution in [-0.2, 0) is 0 Å². The lowest BCUT2D eigenvalue weighted by atomic mass is 9.79. The highest BCUT2D eigenvalue weighted by Crippen LogP contribution is 2.34. The van der Waals surface area contributed by atoms with Crippen molar-refractivity contribution in [2.24, 2.45) is 5.73 Å². The maximum Gasteiger partial charge on any atom is 0.129 e. The van der Waals surface area contributed by atoms with Crippen molar-refractivity contribution >= 4 is 30.6 Å². The fourth-order valence-electron chi connectivity index (χ4n) is 2.86. The van der Waals surface area contributed by atoms with E-state index in [0.717, 1.165) is 30.9 Å². The van der Waals surface area contributed by atoms with Gasteiger partial charge in [0.1, 0.15) is 12.1 Å². The Labute approximate surface area is 138 Å². The van der Waals surface area contributed by atoms with E-state index in [9.17, 15) is 0 Å². The molecule has 0 spiro atoms. The van der Waals surface area contributed by atoms with Crippen molar-refractivity contribution in [3.8, 4) is 0 Å². The van der Waals surface area contributed by atoms with E-state index in [1.807, 2.05) is 0 Å². The van der Waals surface area contributed by atoms with Crippen LogP contribution in [0.3, 0.4) is 0 Å². The minimum atomic E-state index is 0. The molecule has 0 aromatic carbocycles. The van der Waals surface area contributed by atoms with Gasteiger partial charge in [0, 0.05) is 30.3 Å². The molecule has 3 N–H and O–H groups in total. The molecule has 2 aliphatic rings. The summed E-state index contributed by atoms with van der Waals surface area (Å²) in [6.07, 6.45) is 11.3. The molecule has 21 heavy (non-hydrogen) atoms. The number of nitrogens with zero attached hydrogens (tertiary/aromatic N) is 2. The maximum atomic E-state index is 5.83. The van der Waals surface area contributed by atoms with Crippen molar-refractivity contribution in [3.05, 3.63) is 29.7 Å². The Morgan fingerprint density at radius 3 is 2.67 bits per heavy atom. The number of allylic oxidation sites excluding steroid dienone is 1. The summed E-state index contributed by atoms with van der Waals surface area (Å²) in [5, 5.41) is 3.42. The van der Waals surface area contributed by atoms with Gasteiger partial charge in [-0.15, -0.1) is 24.8 Å². The van der Waals surface area contributed by atoms with E-state index in [1.54, 1.807) is 6.33 Å². The molecule has 6 heteroatoms. The minimum absolute atomic E-state index is 0. The number of halogens is 2. The predicted octanol–water partition coefficient (Wildman–Crippen LogP) is 3.44. The van der Waals surface area contributed by atoms with Gasteiger partial charge in [-0.1, -0.05) is 11.6 Å². The van der Waals surface area contributed by atoms with Crippen LogP contribution < -0.4 is 11.1 Å². The highest BCUT2D eigenvalue weighted by atomic mass is 35.5. The highest BCUT2D eigenvalue weighted by molar-refractivity contribution is 5.85. The second kappa shape index (κ2) is 8.57. The summed E-state index contributed by atoms with van der Waals surface area (Å²) in [5.41, 5.74) is 8.48. The molecule has 118 valence electrons. The number of anilines is 1. The van der Waals surface area contributed by atoms with E-state index in [1.165, 1.54) is 31.3 Å². The van der Waals surface area contributed by atoms with E-state index >= 15 is 0 Å². The molecule has 0 radical (unpaired) electrons. The summed E-state index contributed by atoms with van der Waals surface area (Å²) in [6.45, 7) is 0.917. The highest BCUT2D eigenvalue weighted by Gasteiger charge is 2.28. The van der Waals surface area contributed by atoms with Gasteiger partial charge < -0.3 is 11.1 Å². The molecule has 0 aliphatic heterocycles. The van der Waals surface area contributed by atoms with Gasteiger partial charge in [0.05, 0.1) is 0 Å². The third kappa shape index (κ3) is 4.83. The molecule has 2 aliphatic carbocycles. The lowest BCUT2D eigenvalue weighted by Gasteiger charge is -2.31. The zero-order valence-corrected chi connectivity index (χ0v) is 13.8. The lowest BCUT2D eigenvalue weighted by Crippen LogP contribution is -2.35. The van der Waals surface area contributed by atoms with E-state index in [0.29, 0.717) is 12.0 Å². The SMILES string of the molecule is Cl.Cl.NC1CC(c2cc(NCC3=CCCCC3)ncn2)C1. The monoisotopic (exact) mass is 330 g/mol. The second-order valence-corrected chi connectivity index (χ2v) is 5.72. The quantitative estimate of drug-likeness (QED) is 0.830. The maximum absolute atomic E-state index is 5.83. The second-order valence-electron chi connectivity index (χ2n) is 5.72. The first kappa shape index (κ1) is 18.2. The van der Waals surface area contributed by atoms with Crippen LogP contribution in [-0.4, -0.2) is 22.6 Å². The molecule has 0 atom stereocenters. The van der Waals surface area contributed by atoms with Crippen LogP contribution >= 0.6 is 24.8 Å². The fraction of sp³-hybridized carbons (Fsp3) is 0.600. The zero-order valence-electron chi connectivity index (χ0n) is 12.1. The van der Waals surface area contributed by atoms with Crippen LogP contribution in [0.2, 0.25) is 0 Å². The van der Waals surface area contributed by atoms with Crippen molar-refractivity contribution in [3.63, 3.8) is 0 Å². The molecular formula is C15H24Cl2N4. The fourth-order valence-corrected chi connectivity index (χ4v) is 2.86. The Morgan fingerprint density at radius 2 is 2.00 bits per heavy atom. The Balaban J connectivity index is 0.00000110. The molecule has 1 aromatic rings. The number of aromatic nitrogens is 2. The van der Waals surface area contributed by atoms with Crippen LogP contribution in [0.4, 0.5) is 5.82 Å². The normalized spacial score (nSPS) is 24.0. The molecule has 1 heterocycles. The van der Waals surface area contributed by atoms with Gasteiger partial charge in [-0.2, -0.15) is 0 Å². The van der Waals surface area contributed by atoms with Crippen molar-refractivity contribution in [2.45, 2.75) is 50.5 Å². The van der Waals surface area contributed by atoms with E-state index in [4.69, 9.17) is 5.73 Å². The van der Waals surface area contributed by atoms with Crippen molar-refractivity contribution in [2.75, 3.05) is 11.9 Å². The Morgan fingerprint density at radius 1 is 1.19 bits per heavy atom. The van der Waals surface area contributed by atoms with Crippen molar-refractivity contribution in [1.82, 2.24) is 9.97 Å². The van der Waals surface area contributed by atoms with Crippen LogP contribution in [0, 0.1) is 0 Å². The molecule has 3 rings (SSSR count). The third-order valence-corrected chi connectivity index (χ3v) is 4.16. The number of nitrogens with one attached hydrogen (secondary N) is 1. The lowest BCUT2D eigenvalue weighted by molar-refractivity contribution is 0.345. The first-order valence-corrected chi connectivity index (χ1v) is 7.30.